The van der Waals surface area contributed by atoms with E-state index in [2.05, 4.69) is 46.0 Å². The molecule has 26 heavy (non-hydrogen) atoms. The number of nitrogens with zero attached hydrogens (tertiary/aromatic N) is 6. The van der Waals surface area contributed by atoms with Crippen molar-refractivity contribution in [3.8, 4) is 0 Å². The molecule has 0 bridgehead atoms. The van der Waals surface area contributed by atoms with Gasteiger partial charge in [-0.05, 0) is 34.8 Å². The maximum atomic E-state index is 5.40. The van der Waals surface area contributed by atoms with Gasteiger partial charge < -0.3 is 19.9 Å². The number of aromatic nitrogens is 4. The average Bonchev–Trinajstić information content (AvgIpc) is 2.70. The van der Waals surface area contributed by atoms with E-state index in [1.807, 2.05) is 12.3 Å². The molecule has 1 atom stereocenters. The second-order valence-electron chi connectivity index (χ2n) is 6.47. The lowest BCUT2D eigenvalue weighted by Crippen LogP contribution is -2.43. The quantitative estimate of drug-likeness (QED) is 0.804. The van der Waals surface area contributed by atoms with E-state index in [0.29, 0.717) is 6.04 Å². The predicted octanol–water partition coefficient (Wildman–Crippen LogP) is 1.95. The van der Waals surface area contributed by atoms with Crippen LogP contribution in [0.4, 0.5) is 17.7 Å². The molecular formula is C17H22BrN7O. The molecule has 0 amide bonds. The van der Waals surface area contributed by atoms with Crippen molar-refractivity contribution < 1.29 is 4.74 Å². The molecule has 2 fully saturated rings. The molecule has 2 aromatic rings. The van der Waals surface area contributed by atoms with Crippen molar-refractivity contribution in [1.29, 1.82) is 0 Å². The van der Waals surface area contributed by atoms with Crippen LogP contribution in [0.15, 0.2) is 29.1 Å². The Kier molecular flexibility index (Phi) is 5.45. The molecule has 9 heteroatoms. The van der Waals surface area contributed by atoms with Gasteiger partial charge in [0.2, 0.25) is 11.9 Å². The van der Waals surface area contributed by atoms with Crippen LogP contribution in [0, 0.1) is 0 Å². The summed E-state index contributed by atoms with van der Waals surface area (Å²) in [5.74, 6) is 2.41. The van der Waals surface area contributed by atoms with Crippen LogP contribution >= 0.6 is 15.9 Å². The summed E-state index contributed by atoms with van der Waals surface area (Å²) in [4.78, 5) is 22.3. The molecule has 2 aliphatic rings. The van der Waals surface area contributed by atoms with Gasteiger partial charge in [-0.25, -0.2) is 15.0 Å². The van der Waals surface area contributed by atoms with E-state index >= 15 is 0 Å². The Morgan fingerprint density at radius 1 is 1.04 bits per heavy atom. The normalized spacial score (nSPS) is 20.9. The molecular weight excluding hydrogens is 398 g/mol. The number of nitrogens with one attached hydrogen (secondary N) is 1. The molecule has 0 aromatic carbocycles. The lowest BCUT2D eigenvalue weighted by Gasteiger charge is -2.33. The van der Waals surface area contributed by atoms with Crippen LogP contribution in [-0.2, 0) is 4.74 Å². The van der Waals surface area contributed by atoms with Crippen LogP contribution in [0.25, 0.3) is 0 Å². The van der Waals surface area contributed by atoms with Gasteiger partial charge in [-0.2, -0.15) is 4.98 Å². The minimum absolute atomic E-state index is 0.309. The van der Waals surface area contributed by atoms with Crippen LogP contribution in [0.1, 0.15) is 12.8 Å². The number of anilines is 3. The van der Waals surface area contributed by atoms with E-state index in [4.69, 9.17) is 9.72 Å². The first-order chi connectivity index (χ1) is 12.8. The molecule has 2 aliphatic heterocycles. The van der Waals surface area contributed by atoms with Gasteiger partial charge in [0.1, 0.15) is 5.82 Å². The van der Waals surface area contributed by atoms with Crippen molar-refractivity contribution in [3.63, 3.8) is 0 Å². The van der Waals surface area contributed by atoms with E-state index < -0.39 is 0 Å². The number of halogens is 1. The zero-order chi connectivity index (χ0) is 17.8. The summed E-state index contributed by atoms with van der Waals surface area (Å²) in [5.41, 5.74) is 0. The van der Waals surface area contributed by atoms with Crippen LogP contribution in [-0.4, -0.2) is 65.4 Å². The summed E-state index contributed by atoms with van der Waals surface area (Å²) in [7, 11) is 0. The number of hydrogen-bond donors (Lipinski definition) is 1. The van der Waals surface area contributed by atoms with Crippen LogP contribution in [0.5, 0.6) is 0 Å². The minimum Gasteiger partial charge on any atom is -0.378 e. The molecule has 8 nitrogen and oxygen atoms in total. The van der Waals surface area contributed by atoms with E-state index in [1.54, 1.807) is 12.4 Å². The second-order valence-corrected chi connectivity index (χ2v) is 7.39. The lowest BCUT2D eigenvalue weighted by molar-refractivity contribution is 0.122. The Balaban J connectivity index is 1.41. The molecule has 138 valence electrons. The average molecular weight is 420 g/mol. The van der Waals surface area contributed by atoms with E-state index in [9.17, 15) is 0 Å². The Morgan fingerprint density at radius 3 is 2.65 bits per heavy atom. The smallest absolute Gasteiger partial charge is 0.227 e. The number of ether oxygens (including phenoxy) is 1. The molecule has 0 radical (unpaired) electrons. The summed E-state index contributed by atoms with van der Waals surface area (Å²) in [5, 5.41) is 3.56. The molecule has 4 rings (SSSR count). The standard InChI is InChI=1S/C17H22BrN7O/c18-13-10-20-16(21-11-13)25-5-1-2-14(12-25)22-15-3-4-19-17(23-15)24-6-8-26-9-7-24/h3-4,10-11,14H,1-2,5-9,12H2,(H,19,22,23). The maximum absolute atomic E-state index is 5.40. The van der Waals surface area contributed by atoms with Gasteiger partial charge in [0.25, 0.3) is 0 Å². The van der Waals surface area contributed by atoms with Crippen LogP contribution in [0.2, 0.25) is 0 Å². The fourth-order valence-corrected chi connectivity index (χ4v) is 3.50. The zero-order valence-electron chi connectivity index (χ0n) is 14.5. The molecule has 1 N–H and O–H groups in total. The first-order valence-corrected chi connectivity index (χ1v) is 9.72. The van der Waals surface area contributed by atoms with Crippen molar-refractivity contribution in [2.45, 2.75) is 18.9 Å². The SMILES string of the molecule is Brc1cnc(N2CCCC(Nc3ccnc(N4CCOCC4)n3)C2)nc1. The second kappa shape index (κ2) is 8.13. The molecule has 2 saturated heterocycles. The number of piperidine rings is 1. The highest BCUT2D eigenvalue weighted by molar-refractivity contribution is 9.10. The van der Waals surface area contributed by atoms with Gasteiger partial charge in [-0.1, -0.05) is 0 Å². The highest BCUT2D eigenvalue weighted by atomic mass is 79.9. The largest absolute Gasteiger partial charge is 0.378 e. The van der Waals surface area contributed by atoms with Crippen molar-refractivity contribution in [1.82, 2.24) is 19.9 Å². The summed E-state index contributed by atoms with van der Waals surface area (Å²) in [6, 6.07) is 2.24. The Morgan fingerprint density at radius 2 is 1.85 bits per heavy atom. The molecule has 0 spiro atoms. The van der Waals surface area contributed by atoms with Crippen LogP contribution < -0.4 is 15.1 Å². The van der Waals surface area contributed by atoms with Gasteiger partial charge in [-0.15, -0.1) is 0 Å². The highest BCUT2D eigenvalue weighted by Crippen LogP contribution is 2.20. The van der Waals surface area contributed by atoms with Crippen LogP contribution in [0.3, 0.4) is 0 Å². The fraction of sp³-hybridized carbons (Fsp3) is 0.529. The van der Waals surface area contributed by atoms with E-state index in [-0.39, 0.29) is 0 Å². The summed E-state index contributed by atoms with van der Waals surface area (Å²) in [6.07, 6.45) is 7.60. The van der Waals surface area contributed by atoms with Crippen molar-refractivity contribution >= 4 is 33.6 Å². The van der Waals surface area contributed by atoms with Gasteiger partial charge in [0.05, 0.1) is 17.7 Å². The van der Waals surface area contributed by atoms with E-state index in [1.165, 1.54) is 0 Å². The first-order valence-electron chi connectivity index (χ1n) is 8.93. The van der Waals surface area contributed by atoms with Crippen molar-refractivity contribution in [2.75, 3.05) is 54.5 Å². The Labute approximate surface area is 161 Å². The monoisotopic (exact) mass is 419 g/mol. The third-order valence-electron chi connectivity index (χ3n) is 4.60. The third kappa shape index (κ3) is 4.21. The first kappa shape index (κ1) is 17.4. The highest BCUT2D eigenvalue weighted by Gasteiger charge is 2.22. The Bertz CT molecular complexity index is 723. The molecule has 0 aliphatic carbocycles. The minimum atomic E-state index is 0.309. The third-order valence-corrected chi connectivity index (χ3v) is 5.01. The zero-order valence-corrected chi connectivity index (χ0v) is 16.1. The van der Waals surface area contributed by atoms with Crippen molar-refractivity contribution in [3.05, 3.63) is 29.1 Å². The van der Waals surface area contributed by atoms with Gasteiger partial charge in [0, 0.05) is 50.8 Å². The van der Waals surface area contributed by atoms with Crippen molar-refractivity contribution in [2.24, 2.45) is 0 Å². The molecule has 1 unspecified atom stereocenters. The predicted molar refractivity (Wildman–Crippen MR) is 104 cm³/mol. The summed E-state index contributed by atoms with van der Waals surface area (Å²) >= 11 is 3.38. The molecule has 0 saturated carbocycles. The van der Waals surface area contributed by atoms with Gasteiger partial charge in [0.15, 0.2) is 0 Å². The van der Waals surface area contributed by atoms with Gasteiger partial charge >= 0.3 is 0 Å². The Hall–Kier alpha value is -2.00. The molecule has 4 heterocycles. The summed E-state index contributed by atoms with van der Waals surface area (Å²) < 4.78 is 6.29. The maximum Gasteiger partial charge on any atom is 0.227 e. The van der Waals surface area contributed by atoms with Gasteiger partial charge in [-0.3, -0.25) is 0 Å². The number of rotatable bonds is 4. The number of morpholine rings is 1. The van der Waals surface area contributed by atoms with E-state index in [0.717, 1.165) is 74.4 Å². The summed E-state index contributed by atoms with van der Waals surface area (Å²) in [6.45, 7) is 4.96. The molecule has 2 aromatic heterocycles. The fourth-order valence-electron chi connectivity index (χ4n) is 3.30. The number of hydrogen-bond acceptors (Lipinski definition) is 8. The topological polar surface area (TPSA) is 79.3 Å². The lowest BCUT2D eigenvalue weighted by atomic mass is 10.1.